The predicted molar refractivity (Wildman–Crippen MR) is 175 cm³/mol. The van der Waals surface area contributed by atoms with Crippen molar-refractivity contribution in [3.8, 4) is 27.6 Å². The second-order valence-electron chi connectivity index (χ2n) is 9.92. The number of Topliss-reactive ketones (excluding diaryl/α,β-unsaturated/α-hetero) is 1. The van der Waals surface area contributed by atoms with Gasteiger partial charge in [0, 0.05) is 30.4 Å². The number of carboxylic acid groups (broad SMARTS) is 1. The van der Waals surface area contributed by atoms with Crippen LogP contribution in [-0.4, -0.2) is 64.5 Å². The number of halogens is 3. The van der Waals surface area contributed by atoms with E-state index in [0.717, 1.165) is 18.7 Å². The number of carbonyl (C=O) groups is 2. The summed E-state index contributed by atoms with van der Waals surface area (Å²) in [5, 5.41) is 10.8. The lowest BCUT2D eigenvalue weighted by Gasteiger charge is -2.13. The number of anilines is 3. The fraction of sp³-hybridized carbons (Fsp3) is 0.156. The predicted octanol–water partition coefficient (Wildman–Crippen LogP) is 6.59. The lowest BCUT2D eigenvalue weighted by Crippen LogP contribution is -2.19. The fourth-order valence-corrected chi connectivity index (χ4v) is 5.34. The molecule has 0 aliphatic carbocycles. The first-order chi connectivity index (χ1) is 22.1. The van der Waals surface area contributed by atoms with Crippen LogP contribution >= 0.6 is 22.9 Å². The number of ketones is 1. The number of nitrogen functional groups attached to an aromatic ring is 1. The molecule has 0 spiro atoms. The molecule has 2 heterocycles. The van der Waals surface area contributed by atoms with Crippen molar-refractivity contribution in [2.75, 3.05) is 38.3 Å². The monoisotopic (exact) mass is 666 g/mol. The van der Waals surface area contributed by atoms with Crippen LogP contribution in [0.4, 0.5) is 25.5 Å². The minimum atomic E-state index is -0.893. The lowest BCUT2D eigenvalue weighted by atomic mass is 9.99. The zero-order valence-electron chi connectivity index (χ0n) is 24.7. The van der Waals surface area contributed by atoms with E-state index in [9.17, 15) is 13.6 Å². The molecule has 0 aliphatic heterocycles. The Kier molecular flexibility index (Phi) is 11.7. The molecular weight excluding hydrogens is 638 g/mol. The molecule has 0 saturated heterocycles. The molecule has 0 atom stereocenters. The van der Waals surface area contributed by atoms with Crippen LogP contribution in [0, 0.1) is 11.6 Å². The number of hydrogen-bond acceptors (Lipinski definition) is 10. The van der Waals surface area contributed by atoms with E-state index in [1.165, 1.54) is 17.4 Å². The van der Waals surface area contributed by atoms with Crippen LogP contribution in [0.1, 0.15) is 15.9 Å². The normalized spacial score (nSPS) is 10.7. The number of nitrogens with zero attached hydrogens (tertiary/aromatic N) is 4. The first-order valence-electron chi connectivity index (χ1n) is 13.7. The lowest BCUT2D eigenvalue weighted by molar-refractivity contribution is -0.122. The summed E-state index contributed by atoms with van der Waals surface area (Å²) >= 11 is 7.68. The number of nitrogens with one attached hydrogen (secondary N) is 1. The van der Waals surface area contributed by atoms with Gasteiger partial charge in [0.1, 0.15) is 24.0 Å². The summed E-state index contributed by atoms with van der Waals surface area (Å²) in [7, 11) is 3.93. The molecule has 0 saturated carbocycles. The summed E-state index contributed by atoms with van der Waals surface area (Å²) in [6.07, 6.45) is 1.42. The molecule has 0 fully saturated rings. The summed E-state index contributed by atoms with van der Waals surface area (Å²) in [5.41, 5.74) is 8.60. The second-order valence-corrected chi connectivity index (χ2v) is 11.4. The summed E-state index contributed by atoms with van der Waals surface area (Å²) in [6.45, 7) is 1.02. The number of nitrogens with two attached hydrogens (primary N) is 1. The van der Waals surface area contributed by atoms with Gasteiger partial charge >= 0.3 is 0 Å². The molecule has 0 bridgehead atoms. The molecule has 46 heavy (non-hydrogen) atoms. The van der Waals surface area contributed by atoms with Crippen LogP contribution in [0.3, 0.4) is 0 Å². The molecule has 10 nitrogen and oxygen atoms in total. The Morgan fingerprint density at radius 2 is 1.80 bits per heavy atom. The van der Waals surface area contributed by atoms with E-state index in [0.29, 0.717) is 61.5 Å². The number of likely N-dealkylation sites (N-methyl/N-ethyl adjacent to an activating group) is 1. The highest BCUT2D eigenvalue weighted by Crippen LogP contribution is 2.38. The first-order valence-corrected chi connectivity index (χ1v) is 14.9. The van der Waals surface area contributed by atoms with E-state index in [-0.39, 0.29) is 12.9 Å². The van der Waals surface area contributed by atoms with E-state index in [1.54, 1.807) is 42.6 Å². The molecule has 5 aromatic rings. The van der Waals surface area contributed by atoms with Gasteiger partial charge in [-0.1, -0.05) is 47.2 Å². The molecule has 3 aromatic carbocycles. The van der Waals surface area contributed by atoms with Gasteiger partial charge in [0.2, 0.25) is 5.95 Å². The topological polar surface area (TPSA) is 144 Å². The van der Waals surface area contributed by atoms with E-state index in [4.69, 9.17) is 32.0 Å². The first kappa shape index (κ1) is 33.9. The van der Waals surface area contributed by atoms with Gasteiger partial charge in [0.05, 0.1) is 26.9 Å². The zero-order valence-corrected chi connectivity index (χ0v) is 26.3. The van der Waals surface area contributed by atoms with Crippen molar-refractivity contribution in [1.29, 1.82) is 0 Å². The Morgan fingerprint density at radius 1 is 1.09 bits per heavy atom. The van der Waals surface area contributed by atoms with Gasteiger partial charge in [-0.05, 0) is 62.1 Å². The van der Waals surface area contributed by atoms with E-state index >= 15 is 0 Å². The Morgan fingerprint density at radius 3 is 2.50 bits per heavy atom. The Hall–Kier alpha value is -4.98. The van der Waals surface area contributed by atoms with Gasteiger partial charge in [0.25, 0.3) is 6.47 Å². The fourth-order valence-electron chi connectivity index (χ4n) is 4.28. The molecular formula is C32H29ClF2N6O4S. The van der Waals surface area contributed by atoms with Gasteiger partial charge in [-0.25, -0.2) is 23.7 Å². The smallest absolute Gasteiger partial charge is 0.290 e. The van der Waals surface area contributed by atoms with Crippen molar-refractivity contribution in [1.82, 2.24) is 19.9 Å². The van der Waals surface area contributed by atoms with Crippen LogP contribution in [0.25, 0.3) is 21.8 Å². The maximum atomic E-state index is 14.2. The number of ether oxygens (including phenoxy) is 1. The molecule has 5 rings (SSSR count). The third kappa shape index (κ3) is 8.81. The van der Waals surface area contributed by atoms with E-state index in [2.05, 4.69) is 20.3 Å². The summed E-state index contributed by atoms with van der Waals surface area (Å²) in [5.74, 6) is -1.54. The molecule has 0 radical (unpaired) electrons. The number of rotatable bonds is 11. The van der Waals surface area contributed by atoms with Gasteiger partial charge in [-0.3, -0.25) is 9.59 Å². The highest BCUT2D eigenvalue weighted by atomic mass is 35.5. The average molecular weight is 667 g/mol. The third-order valence-electron chi connectivity index (χ3n) is 6.32. The molecule has 4 N–H and O–H groups in total. The van der Waals surface area contributed by atoms with Crippen molar-refractivity contribution in [2.45, 2.75) is 6.42 Å². The summed E-state index contributed by atoms with van der Waals surface area (Å²) in [6, 6.07) is 17.5. The van der Waals surface area contributed by atoms with Gasteiger partial charge < -0.3 is 25.8 Å². The average Bonchev–Trinajstić information content (AvgIpc) is 3.40. The number of thiazole rings is 1. The van der Waals surface area contributed by atoms with Crippen LogP contribution in [0.2, 0.25) is 5.02 Å². The number of aromatic nitrogens is 3. The third-order valence-corrected chi connectivity index (χ3v) is 7.53. The number of hydrogen-bond donors (Lipinski definition) is 3. The maximum Gasteiger partial charge on any atom is 0.290 e. The van der Waals surface area contributed by atoms with Crippen molar-refractivity contribution >= 4 is 52.0 Å². The molecule has 0 aliphatic rings. The molecule has 0 amide bonds. The molecule has 0 unspecified atom stereocenters. The quantitative estimate of drug-likeness (QED) is 0.104. The maximum absolute atomic E-state index is 14.2. The highest BCUT2D eigenvalue weighted by Gasteiger charge is 2.20. The minimum Gasteiger partial charge on any atom is -0.491 e. The Labute approximate surface area is 272 Å². The number of benzene rings is 3. The van der Waals surface area contributed by atoms with Crippen molar-refractivity contribution < 1.29 is 28.2 Å². The SMILES string of the molecule is CN(C)CCOc1ccc(Nc2nccc(-c3sc(N)nc3-c3cccc(CC(=O)c4c(F)cccc4F)c3)n2)cc1Cl.O=CO. The molecule has 14 heteroatoms. The minimum absolute atomic E-state index is 0.190. The number of carbonyl (C=O) groups excluding carboxylic acids is 1. The largest absolute Gasteiger partial charge is 0.491 e. The van der Waals surface area contributed by atoms with Crippen molar-refractivity contribution in [3.63, 3.8) is 0 Å². The van der Waals surface area contributed by atoms with E-state index in [1.807, 2.05) is 31.1 Å². The van der Waals surface area contributed by atoms with Gasteiger partial charge in [0.15, 0.2) is 10.9 Å². The van der Waals surface area contributed by atoms with Crippen molar-refractivity contribution in [3.05, 3.63) is 101 Å². The standard InChI is InChI=1S/C31H27ClF2N6O2S.CH2O2/c1-40(2)13-14-42-26-10-9-20(17-21(26)32)37-31-36-12-11-24(38-31)29-28(39-30(35)43-29)19-6-3-5-18(15-19)16-25(41)27-22(33)7-4-8-23(27)34;2-1-3/h3-12,15,17H,13-14,16H2,1-2H3,(H2,35,39)(H,36,37,38);1H,(H,2,3). The molecule has 2 aromatic heterocycles. The van der Waals surface area contributed by atoms with Crippen LogP contribution < -0.4 is 15.8 Å². The van der Waals surface area contributed by atoms with E-state index < -0.39 is 23.0 Å². The second kappa shape index (κ2) is 15.8. The zero-order chi connectivity index (χ0) is 33.2. The van der Waals surface area contributed by atoms with Crippen LogP contribution in [0.15, 0.2) is 72.9 Å². The van der Waals surface area contributed by atoms with Crippen LogP contribution in [-0.2, 0) is 11.2 Å². The van der Waals surface area contributed by atoms with Crippen molar-refractivity contribution in [2.24, 2.45) is 0 Å². The molecule has 238 valence electrons. The highest BCUT2D eigenvalue weighted by molar-refractivity contribution is 7.19. The van der Waals surface area contributed by atoms with Crippen LogP contribution in [0.5, 0.6) is 5.75 Å². The van der Waals surface area contributed by atoms with Gasteiger partial charge in [-0.2, -0.15) is 0 Å². The summed E-state index contributed by atoms with van der Waals surface area (Å²) < 4.78 is 34.1. The summed E-state index contributed by atoms with van der Waals surface area (Å²) in [4.78, 5) is 37.3. The van der Waals surface area contributed by atoms with Gasteiger partial charge in [-0.15, -0.1) is 0 Å². The Balaban J connectivity index is 0.00000154. The Bertz CT molecular complexity index is 1820.